The van der Waals surface area contributed by atoms with E-state index < -0.39 is 0 Å². The zero-order valence-corrected chi connectivity index (χ0v) is 15.5. The second kappa shape index (κ2) is 5.67. The molecule has 3 aliphatic heterocycles. The fraction of sp³-hybridized carbons (Fsp3) is 0.588. The first-order valence-electron chi connectivity index (χ1n) is 8.96. The maximum Gasteiger partial charge on any atom is 0.240 e. The Kier molecular flexibility index (Phi) is 3.53. The number of hydrogen-bond acceptors (Lipinski definition) is 5. The molecule has 0 spiro atoms. The van der Waals surface area contributed by atoms with Crippen molar-refractivity contribution in [2.24, 2.45) is 0 Å². The van der Waals surface area contributed by atoms with Crippen molar-refractivity contribution in [2.45, 2.75) is 43.7 Å². The van der Waals surface area contributed by atoms with Gasteiger partial charge in [-0.2, -0.15) is 0 Å². The van der Waals surface area contributed by atoms with Gasteiger partial charge in [0.05, 0.1) is 6.04 Å². The Balaban J connectivity index is 1.47. The molecule has 2 N–H and O–H groups in total. The maximum atomic E-state index is 13.0. The maximum absolute atomic E-state index is 13.0. The third-order valence-corrected chi connectivity index (χ3v) is 6.57. The number of halogens is 1. The highest BCUT2D eigenvalue weighted by molar-refractivity contribution is 9.10. The van der Waals surface area contributed by atoms with E-state index in [1.807, 2.05) is 10.6 Å². The van der Waals surface area contributed by atoms with Crippen LogP contribution in [0.3, 0.4) is 0 Å². The van der Waals surface area contributed by atoms with Gasteiger partial charge >= 0.3 is 0 Å². The number of aromatic nitrogens is 3. The number of fused-ring (bicyclic) bond motifs is 3. The van der Waals surface area contributed by atoms with E-state index in [1.165, 1.54) is 0 Å². The number of carbonyl (C=O) groups excluding carboxylic acids is 1. The average Bonchev–Trinajstić information content (AvgIpc) is 3.20. The van der Waals surface area contributed by atoms with Crippen LogP contribution in [0.5, 0.6) is 0 Å². The molecule has 0 radical (unpaired) electrons. The van der Waals surface area contributed by atoms with E-state index in [0.29, 0.717) is 17.8 Å². The fourth-order valence-corrected chi connectivity index (χ4v) is 5.39. The molecule has 5 heterocycles. The van der Waals surface area contributed by atoms with Crippen molar-refractivity contribution >= 4 is 33.2 Å². The van der Waals surface area contributed by atoms with Crippen LogP contribution >= 0.6 is 15.9 Å². The van der Waals surface area contributed by atoms with Crippen LogP contribution in [0.2, 0.25) is 0 Å². The monoisotopic (exact) mass is 404 g/mol. The Morgan fingerprint density at radius 2 is 2.12 bits per heavy atom. The molecule has 0 bridgehead atoms. The van der Waals surface area contributed by atoms with Gasteiger partial charge in [0.15, 0.2) is 5.82 Å². The highest BCUT2D eigenvalue weighted by Crippen LogP contribution is 2.37. The summed E-state index contributed by atoms with van der Waals surface area (Å²) in [5, 5.41) is 0. The Bertz CT molecular complexity index is 851. The summed E-state index contributed by atoms with van der Waals surface area (Å²) in [5.41, 5.74) is 6.83. The number of nitrogens with two attached hydrogens (primary N) is 1. The van der Waals surface area contributed by atoms with Crippen LogP contribution in [-0.2, 0) is 4.79 Å². The van der Waals surface area contributed by atoms with Crippen LogP contribution in [0.1, 0.15) is 37.4 Å². The van der Waals surface area contributed by atoms with Gasteiger partial charge in [-0.05, 0) is 48.2 Å². The molecule has 3 atom stereocenters. The topological polar surface area (TPSA) is 79.8 Å². The number of piperidine rings is 1. The van der Waals surface area contributed by atoms with Gasteiger partial charge in [0.1, 0.15) is 15.9 Å². The number of rotatable bonds is 1. The lowest BCUT2D eigenvalue weighted by Crippen LogP contribution is -2.61. The molecule has 3 fully saturated rings. The van der Waals surface area contributed by atoms with Crippen LogP contribution in [0, 0.1) is 0 Å². The summed E-state index contributed by atoms with van der Waals surface area (Å²) < 4.78 is 2.75. The summed E-state index contributed by atoms with van der Waals surface area (Å²) in [5.74, 6) is 1.99. The summed E-state index contributed by atoms with van der Waals surface area (Å²) in [6.45, 7) is 2.86. The van der Waals surface area contributed by atoms with Crippen molar-refractivity contribution in [1.29, 1.82) is 0 Å². The van der Waals surface area contributed by atoms with Gasteiger partial charge in [0, 0.05) is 37.4 Å². The normalized spacial score (nSPS) is 29.9. The number of carbonyl (C=O) groups is 1. The summed E-state index contributed by atoms with van der Waals surface area (Å²) >= 11 is 3.51. The minimum atomic E-state index is 0.110. The van der Waals surface area contributed by atoms with Crippen LogP contribution in [0.25, 0.3) is 5.52 Å². The van der Waals surface area contributed by atoms with Crippen molar-refractivity contribution in [3.63, 3.8) is 0 Å². The zero-order chi connectivity index (χ0) is 17.1. The lowest BCUT2D eigenvalue weighted by atomic mass is 9.89. The molecule has 2 aromatic rings. The molecule has 8 heteroatoms. The predicted octanol–water partition coefficient (Wildman–Crippen LogP) is 1.63. The van der Waals surface area contributed by atoms with Crippen molar-refractivity contribution in [3.05, 3.63) is 22.8 Å². The first-order valence-corrected chi connectivity index (χ1v) is 9.75. The van der Waals surface area contributed by atoms with Crippen molar-refractivity contribution in [1.82, 2.24) is 24.2 Å². The van der Waals surface area contributed by atoms with Crippen molar-refractivity contribution < 1.29 is 4.79 Å². The Hall–Kier alpha value is -1.67. The lowest BCUT2D eigenvalue weighted by Gasteiger charge is -2.47. The van der Waals surface area contributed by atoms with Crippen LogP contribution in [-0.4, -0.2) is 61.8 Å². The summed E-state index contributed by atoms with van der Waals surface area (Å²) in [4.78, 5) is 26.3. The second-order valence-corrected chi connectivity index (χ2v) is 8.11. The largest absolute Gasteiger partial charge is 0.382 e. The Morgan fingerprint density at radius 3 is 3.00 bits per heavy atom. The second-order valence-electron chi connectivity index (χ2n) is 7.36. The SMILES string of the molecule is Nc1nccn2c([C@@H]3CC[C@H]4CN5CCC[C@@H]5C(=O)N4C3)nc(Br)c12. The number of imidazole rings is 1. The van der Waals surface area contributed by atoms with E-state index in [2.05, 4.69) is 30.7 Å². The third kappa shape index (κ3) is 2.30. The van der Waals surface area contributed by atoms with E-state index >= 15 is 0 Å². The third-order valence-electron chi connectivity index (χ3n) is 6.02. The van der Waals surface area contributed by atoms with E-state index in [0.717, 1.165) is 61.3 Å². The molecule has 0 saturated carbocycles. The minimum Gasteiger partial charge on any atom is -0.382 e. The van der Waals surface area contributed by atoms with Crippen molar-refractivity contribution in [3.8, 4) is 0 Å². The molecule has 0 unspecified atom stereocenters. The summed E-state index contributed by atoms with van der Waals surface area (Å²) in [7, 11) is 0. The van der Waals surface area contributed by atoms with Gasteiger partial charge in [-0.25, -0.2) is 9.97 Å². The Morgan fingerprint density at radius 1 is 1.24 bits per heavy atom. The van der Waals surface area contributed by atoms with E-state index in [4.69, 9.17) is 10.7 Å². The number of piperazine rings is 1. The molecule has 7 nitrogen and oxygen atoms in total. The van der Waals surface area contributed by atoms with Gasteiger partial charge in [0.25, 0.3) is 0 Å². The summed E-state index contributed by atoms with van der Waals surface area (Å²) in [6, 6.07) is 0.470. The van der Waals surface area contributed by atoms with Gasteiger partial charge in [-0.3, -0.25) is 14.1 Å². The molecule has 25 heavy (non-hydrogen) atoms. The number of nitrogen functional groups attached to an aromatic ring is 1. The highest BCUT2D eigenvalue weighted by atomic mass is 79.9. The number of hydrogen-bond donors (Lipinski definition) is 1. The van der Waals surface area contributed by atoms with Gasteiger partial charge in [0.2, 0.25) is 5.91 Å². The van der Waals surface area contributed by atoms with Gasteiger partial charge < -0.3 is 10.6 Å². The van der Waals surface area contributed by atoms with E-state index in [-0.39, 0.29) is 12.0 Å². The average molecular weight is 405 g/mol. The minimum absolute atomic E-state index is 0.110. The first kappa shape index (κ1) is 15.6. The predicted molar refractivity (Wildman–Crippen MR) is 97.2 cm³/mol. The molecule has 132 valence electrons. The number of nitrogens with zero attached hydrogens (tertiary/aromatic N) is 5. The number of amides is 1. The zero-order valence-electron chi connectivity index (χ0n) is 13.9. The standard InChI is InChI=1S/C17H21BrN6O/c18-14-13-15(19)20-5-7-23(13)16(21-14)10-3-4-11-9-22-6-1-2-12(22)17(25)24(11)8-10/h5,7,10-12H,1-4,6,8-9H2,(H2,19,20)/t10-,11+,12-/m1/s1. The molecular formula is C17H21BrN6O. The highest BCUT2D eigenvalue weighted by Gasteiger charge is 2.45. The van der Waals surface area contributed by atoms with Gasteiger partial charge in [-0.15, -0.1) is 0 Å². The fourth-order valence-electron chi connectivity index (χ4n) is 4.81. The summed E-state index contributed by atoms with van der Waals surface area (Å²) in [6.07, 6.45) is 7.83. The number of anilines is 1. The van der Waals surface area contributed by atoms with E-state index in [9.17, 15) is 4.79 Å². The molecule has 1 amide bonds. The molecular weight excluding hydrogens is 384 g/mol. The van der Waals surface area contributed by atoms with Crippen LogP contribution < -0.4 is 5.73 Å². The smallest absolute Gasteiger partial charge is 0.240 e. The van der Waals surface area contributed by atoms with Crippen LogP contribution in [0.15, 0.2) is 17.0 Å². The quantitative estimate of drug-likeness (QED) is 0.780. The van der Waals surface area contributed by atoms with Crippen LogP contribution in [0.4, 0.5) is 5.82 Å². The first-order chi connectivity index (χ1) is 12.1. The van der Waals surface area contributed by atoms with Crippen molar-refractivity contribution in [2.75, 3.05) is 25.4 Å². The van der Waals surface area contributed by atoms with Gasteiger partial charge in [-0.1, -0.05) is 0 Å². The molecule has 0 aromatic carbocycles. The lowest BCUT2D eigenvalue weighted by molar-refractivity contribution is -0.146. The molecule has 0 aliphatic carbocycles. The Labute approximate surface area is 154 Å². The van der Waals surface area contributed by atoms with E-state index in [1.54, 1.807) is 6.20 Å². The molecule has 5 rings (SSSR count). The molecule has 3 aliphatic rings. The molecule has 3 saturated heterocycles. The molecule has 2 aromatic heterocycles.